The van der Waals surface area contributed by atoms with E-state index >= 15 is 0 Å². The molecule has 4 rings (SSSR count). The van der Waals surface area contributed by atoms with Crippen molar-refractivity contribution in [3.63, 3.8) is 0 Å². The minimum Gasteiger partial charge on any atom is -0.388 e. The zero-order valence-electron chi connectivity index (χ0n) is 12.3. The van der Waals surface area contributed by atoms with Gasteiger partial charge in [0.15, 0.2) is 0 Å². The fraction of sp³-hybridized carbons (Fsp3) is 0.188. The Kier molecular flexibility index (Phi) is 3.90. The Bertz CT molecular complexity index is 969. The molecule has 0 amide bonds. The van der Waals surface area contributed by atoms with Gasteiger partial charge in [0.25, 0.3) is 5.89 Å². The van der Waals surface area contributed by atoms with E-state index < -0.39 is 5.76 Å². The van der Waals surface area contributed by atoms with Crippen molar-refractivity contribution >= 4 is 33.3 Å². The molecule has 0 saturated heterocycles. The van der Waals surface area contributed by atoms with E-state index in [9.17, 15) is 4.79 Å². The van der Waals surface area contributed by atoms with Crippen LogP contribution < -0.4 is 11.1 Å². The van der Waals surface area contributed by atoms with Crippen molar-refractivity contribution in [1.82, 2.24) is 15.2 Å². The SMILES string of the molecule is O=c1[nH]nc(-c2cnc(NC3Cc4ccc(Br)cc4C3)cc2Cl)o1. The van der Waals surface area contributed by atoms with Crippen LogP contribution in [-0.2, 0) is 12.8 Å². The van der Waals surface area contributed by atoms with Crippen LogP contribution in [0.15, 0.2) is 44.1 Å². The van der Waals surface area contributed by atoms with Gasteiger partial charge < -0.3 is 9.73 Å². The molecule has 3 aromatic rings. The predicted octanol–water partition coefficient (Wildman–Crippen LogP) is 3.42. The van der Waals surface area contributed by atoms with Crippen molar-refractivity contribution in [1.29, 1.82) is 0 Å². The highest BCUT2D eigenvalue weighted by molar-refractivity contribution is 9.10. The molecule has 1 atom stereocenters. The fourth-order valence-electron chi connectivity index (χ4n) is 2.91. The number of hydrogen-bond donors (Lipinski definition) is 2. The molecule has 0 aliphatic heterocycles. The van der Waals surface area contributed by atoms with Gasteiger partial charge in [0.1, 0.15) is 5.82 Å². The number of H-pyrrole nitrogens is 1. The highest BCUT2D eigenvalue weighted by Crippen LogP contribution is 2.30. The number of nitrogens with one attached hydrogen (secondary N) is 2. The van der Waals surface area contributed by atoms with Crippen LogP contribution in [0, 0.1) is 0 Å². The van der Waals surface area contributed by atoms with Crippen LogP contribution in [0.25, 0.3) is 11.5 Å². The van der Waals surface area contributed by atoms with Crippen LogP contribution in [-0.4, -0.2) is 21.2 Å². The van der Waals surface area contributed by atoms with E-state index in [4.69, 9.17) is 16.0 Å². The number of rotatable bonds is 3. The van der Waals surface area contributed by atoms with E-state index in [0.29, 0.717) is 16.4 Å². The van der Waals surface area contributed by atoms with Gasteiger partial charge in [0.2, 0.25) is 0 Å². The first-order valence-electron chi connectivity index (χ1n) is 7.34. The Morgan fingerprint density at radius 1 is 1.29 bits per heavy atom. The molecule has 2 heterocycles. The summed E-state index contributed by atoms with van der Waals surface area (Å²) in [5.74, 6) is 0.179. The van der Waals surface area contributed by atoms with E-state index in [-0.39, 0.29) is 11.9 Å². The summed E-state index contributed by atoms with van der Waals surface area (Å²) in [6.45, 7) is 0. The second kappa shape index (κ2) is 6.07. The van der Waals surface area contributed by atoms with Gasteiger partial charge in [-0.1, -0.05) is 33.6 Å². The molecule has 0 saturated carbocycles. The van der Waals surface area contributed by atoms with Crippen molar-refractivity contribution in [2.24, 2.45) is 0 Å². The maximum Gasteiger partial charge on any atom is 0.434 e. The summed E-state index contributed by atoms with van der Waals surface area (Å²) in [6.07, 6.45) is 3.42. The summed E-state index contributed by atoms with van der Waals surface area (Å²) < 4.78 is 6.00. The topological polar surface area (TPSA) is 83.8 Å². The van der Waals surface area contributed by atoms with Gasteiger partial charge in [-0.05, 0) is 42.2 Å². The lowest BCUT2D eigenvalue weighted by atomic mass is 10.1. The number of anilines is 1. The third kappa shape index (κ3) is 2.97. The third-order valence-electron chi connectivity index (χ3n) is 3.97. The zero-order chi connectivity index (χ0) is 16.7. The number of fused-ring (bicyclic) bond motifs is 1. The summed E-state index contributed by atoms with van der Waals surface area (Å²) in [5, 5.41) is 9.78. The van der Waals surface area contributed by atoms with Gasteiger partial charge in [0, 0.05) is 16.7 Å². The van der Waals surface area contributed by atoms with Gasteiger partial charge in [-0.15, -0.1) is 5.10 Å². The molecule has 1 aliphatic carbocycles. The first-order valence-corrected chi connectivity index (χ1v) is 8.51. The van der Waals surface area contributed by atoms with E-state index in [1.165, 1.54) is 11.1 Å². The van der Waals surface area contributed by atoms with Gasteiger partial charge in [0.05, 0.1) is 10.6 Å². The van der Waals surface area contributed by atoms with Crippen LogP contribution in [0.4, 0.5) is 5.82 Å². The first-order chi connectivity index (χ1) is 11.6. The Morgan fingerprint density at radius 2 is 2.12 bits per heavy atom. The average Bonchev–Trinajstić information content (AvgIpc) is 3.12. The molecule has 1 aromatic carbocycles. The Labute approximate surface area is 150 Å². The Hall–Kier alpha value is -2.12. The molecule has 24 heavy (non-hydrogen) atoms. The second-order valence-corrected chi connectivity index (χ2v) is 6.95. The van der Waals surface area contributed by atoms with Crippen LogP contribution in [0.3, 0.4) is 0 Å². The Morgan fingerprint density at radius 3 is 2.88 bits per heavy atom. The van der Waals surface area contributed by atoms with Gasteiger partial charge in [-0.2, -0.15) is 0 Å². The molecule has 0 spiro atoms. The molecule has 122 valence electrons. The molecular weight excluding hydrogens is 396 g/mol. The van der Waals surface area contributed by atoms with Gasteiger partial charge in [-0.25, -0.2) is 14.9 Å². The molecule has 2 N–H and O–H groups in total. The van der Waals surface area contributed by atoms with Crippen LogP contribution in [0.1, 0.15) is 11.1 Å². The molecule has 1 unspecified atom stereocenters. The fourth-order valence-corrected chi connectivity index (χ4v) is 3.55. The normalized spacial score (nSPS) is 16.2. The summed E-state index contributed by atoms with van der Waals surface area (Å²) in [5.41, 5.74) is 3.15. The van der Waals surface area contributed by atoms with Crippen molar-refractivity contribution < 1.29 is 4.42 Å². The molecule has 1 aliphatic rings. The molecule has 0 bridgehead atoms. The number of nitrogens with zero attached hydrogens (tertiary/aromatic N) is 2. The second-order valence-electron chi connectivity index (χ2n) is 5.63. The van der Waals surface area contributed by atoms with Gasteiger partial charge >= 0.3 is 5.76 Å². The standard InChI is InChI=1S/C16H12BrClN4O2/c17-10-2-1-8-4-11(5-9(8)3-10)20-14-6-13(18)12(7-19-14)15-21-22-16(23)24-15/h1-3,6-7,11H,4-5H2,(H,19,20)(H,22,23). The number of pyridine rings is 1. The summed E-state index contributed by atoms with van der Waals surface area (Å²) in [7, 11) is 0. The average molecular weight is 408 g/mol. The van der Waals surface area contributed by atoms with Crippen molar-refractivity contribution in [3.05, 3.63) is 61.6 Å². The molecule has 6 nitrogen and oxygen atoms in total. The quantitative estimate of drug-likeness (QED) is 0.695. The highest BCUT2D eigenvalue weighted by Gasteiger charge is 2.22. The summed E-state index contributed by atoms with van der Waals surface area (Å²) >= 11 is 9.77. The van der Waals surface area contributed by atoms with E-state index in [0.717, 1.165) is 17.3 Å². The summed E-state index contributed by atoms with van der Waals surface area (Å²) in [4.78, 5) is 15.4. The lowest BCUT2D eigenvalue weighted by molar-refractivity contribution is 0.527. The number of hydrogen-bond acceptors (Lipinski definition) is 5. The smallest absolute Gasteiger partial charge is 0.388 e. The lowest BCUT2D eigenvalue weighted by Gasteiger charge is -2.13. The molecule has 0 fully saturated rings. The number of aromatic nitrogens is 3. The van der Waals surface area contributed by atoms with Crippen molar-refractivity contribution in [3.8, 4) is 11.5 Å². The third-order valence-corrected chi connectivity index (χ3v) is 4.78. The minimum absolute atomic E-state index is 0.127. The largest absolute Gasteiger partial charge is 0.434 e. The maximum absolute atomic E-state index is 11.0. The van der Waals surface area contributed by atoms with Crippen LogP contribution in [0.2, 0.25) is 5.02 Å². The zero-order valence-corrected chi connectivity index (χ0v) is 14.7. The highest BCUT2D eigenvalue weighted by atomic mass is 79.9. The maximum atomic E-state index is 11.0. The monoisotopic (exact) mass is 406 g/mol. The van der Waals surface area contributed by atoms with E-state index in [2.05, 4.69) is 54.6 Å². The summed E-state index contributed by atoms with van der Waals surface area (Å²) in [6, 6.07) is 8.34. The van der Waals surface area contributed by atoms with Crippen LogP contribution >= 0.6 is 27.5 Å². The molecular formula is C16H12BrClN4O2. The van der Waals surface area contributed by atoms with Crippen LogP contribution in [0.5, 0.6) is 0 Å². The van der Waals surface area contributed by atoms with Crippen molar-refractivity contribution in [2.45, 2.75) is 18.9 Å². The molecule has 2 aromatic heterocycles. The number of halogens is 2. The molecule has 8 heteroatoms. The first kappa shape index (κ1) is 15.4. The van der Waals surface area contributed by atoms with Crippen molar-refractivity contribution in [2.75, 3.05) is 5.32 Å². The molecule has 0 radical (unpaired) electrons. The number of benzene rings is 1. The Balaban J connectivity index is 1.52. The number of aromatic amines is 1. The minimum atomic E-state index is -0.627. The van der Waals surface area contributed by atoms with E-state index in [1.54, 1.807) is 12.3 Å². The predicted molar refractivity (Wildman–Crippen MR) is 94.3 cm³/mol. The lowest BCUT2D eigenvalue weighted by Crippen LogP contribution is -2.20. The van der Waals surface area contributed by atoms with Gasteiger partial charge in [-0.3, -0.25) is 0 Å². The van der Waals surface area contributed by atoms with E-state index in [1.807, 2.05) is 0 Å².